The quantitative estimate of drug-likeness (QED) is 0.800. The van der Waals surface area contributed by atoms with Crippen molar-refractivity contribution in [1.82, 2.24) is 10.4 Å². The second-order valence-electron chi connectivity index (χ2n) is 9.20. The van der Waals surface area contributed by atoms with Crippen LogP contribution in [0, 0.1) is 0 Å². The van der Waals surface area contributed by atoms with E-state index in [4.69, 9.17) is 0 Å². The first-order valence-electron chi connectivity index (χ1n) is 9.48. The van der Waals surface area contributed by atoms with Crippen molar-refractivity contribution in [2.75, 3.05) is 12.4 Å². The van der Waals surface area contributed by atoms with Crippen molar-refractivity contribution in [3.05, 3.63) is 28.8 Å². The van der Waals surface area contributed by atoms with Gasteiger partial charge in [-0.1, -0.05) is 60.6 Å². The molecule has 4 nitrogen and oxygen atoms in total. The number of hydrogen-bond acceptors (Lipinski definition) is 4. The third kappa shape index (κ3) is 4.74. The van der Waals surface area contributed by atoms with E-state index >= 15 is 0 Å². The van der Waals surface area contributed by atoms with Crippen LogP contribution in [0.1, 0.15) is 71.6 Å². The molecule has 1 atom stereocenters. The highest BCUT2D eigenvalue weighted by Gasteiger charge is 2.33. The molecule has 0 aromatic heterocycles. The molecule has 1 aliphatic heterocycles. The summed E-state index contributed by atoms with van der Waals surface area (Å²) in [5, 5.41) is 12.5. The normalized spacial score (nSPS) is 18.7. The van der Waals surface area contributed by atoms with Crippen molar-refractivity contribution in [1.29, 1.82) is 0 Å². The third-order valence-corrected chi connectivity index (χ3v) is 5.88. The van der Waals surface area contributed by atoms with E-state index in [0.29, 0.717) is 18.0 Å². The Kier molecular flexibility index (Phi) is 6.34. The standard InChI is InChI=1S/C21H34N2O2S/c1-8-9-22-23-13-26-17(19(23)25)12-14-10-15(20(2,3)4)18(24)16(11-14)21(5,6)7/h10-11,17,22,24H,8-9,12-13H2,1-7H3. The van der Waals surface area contributed by atoms with Gasteiger partial charge in [0.1, 0.15) is 5.75 Å². The number of thioether (sulfide) groups is 1. The van der Waals surface area contributed by atoms with Crippen LogP contribution in [0.5, 0.6) is 5.75 Å². The molecule has 1 amide bonds. The summed E-state index contributed by atoms with van der Waals surface area (Å²) in [7, 11) is 0. The number of carbonyl (C=O) groups is 1. The molecular weight excluding hydrogens is 344 g/mol. The summed E-state index contributed by atoms with van der Waals surface area (Å²) in [6, 6.07) is 4.17. The van der Waals surface area contributed by atoms with E-state index < -0.39 is 0 Å². The number of carbonyl (C=O) groups excluding carboxylic acids is 1. The van der Waals surface area contributed by atoms with Gasteiger partial charge in [0.05, 0.1) is 11.1 Å². The summed E-state index contributed by atoms with van der Waals surface area (Å²) in [6.45, 7) is 15.6. The van der Waals surface area contributed by atoms with Crippen molar-refractivity contribution < 1.29 is 9.90 Å². The number of nitrogens with zero attached hydrogens (tertiary/aromatic N) is 1. The molecule has 1 saturated heterocycles. The number of benzene rings is 1. The second kappa shape index (κ2) is 7.81. The van der Waals surface area contributed by atoms with Gasteiger partial charge in [0.25, 0.3) is 5.91 Å². The molecule has 1 heterocycles. The van der Waals surface area contributed by atoms with Gasteiger partial charge < -0.3 is 5.11 Å². The SMILES string of the molecule is CCCNN1CSC(Cc2cc(C(C)(C)C)c(O)c(C(C)(C)C)c2)C1=O. The first-order valence-corrected chi connectivity index (χ1v) is 10.5. The minimum Gasteiger partial charge on any atom is -0.507 e. The molecule has 0 saturated carbocycles. The Morgan fingerprint density at radius 3 is 2.15 bits per heavy atom. The lowest BCUT2D eigenvalue weighted by Crippen LogP contribution is -2.41. The number of amides is 1. The van der Waals surface area contributed by atoms with E-state index in [1.165, 1.54) is 0 Å². The number of hydrazine groups is 1. The summed E-state index contributed by atoms with van der Waals surface area (Å²) in [5.41, 5.74) is 5.93. The predicted octanol–water partition coefficient (Wildman–Crippen LogP) is 4.35. The van der Waals surface area contributed by atoms with E-state index in [9.17, 15) is 9.90 Å². The summed E-state index contributed by atoms with van der Waals surface area (Å²) >= 11 is 1.69. The Balaban J connectivity index is 2.31. The smallest absolute Gasteiger partial charge is 0.250 e. The van der Waals surface area contributed by atoms with Gasteiger partial charge in [-0.25, -0.2) is 5.43 Å². The zero-order valence-corrected chi connectivity index (χ0v) is 18.1. The Morgan fingerprint density at radius 2 is 1.69 bits per heavy atom. The minimum absolute atomic E-state index is 0.0652. The summed E-state index contributed by atoms with van der Waals surface area (Å²) < 4.78 is 0. The van der Waals surface area contributed by atoms with E-state index in [2.05, 4.69) is 66.0 Å². The van der Waals surface area contributed by atoms with Gasteiger partial charge in [0.2, 0.25) is 0 Å². The second-order valence-corrected chi connectivity index (χ2v) is 10.4. The average molecular weight is 379 g/mol. The first kappa shape index (κ1) is 21.1. The topological polar surface area (TPSA) is 52.6 Å². The van der Waals surface area contributed by atoms with Crippen LogP contribution in [0.25, 0.3) is 0 Å². The van der Waals surface area contributed by atoms with Crippen LogP contribution in [0.2, 0.25) is 0 Å². The van der Waals surface area contributed by atoms with Crippen LogP contribution in [-0.4, -0.2) is 33.7 Å². The maximum Gasteiger partial charge on any atom is 0.250 e. The minimum atomic E-state index is -0.151. The number of rotatable bonds is 5. The molecule has 1 aromatic rings. The van der Waals surface area contributed by atoms with Gasteiger partial charge in [-0.3, -0.25) is 9.80 Å². The highest BCUT2D eigenvalue weighted by molar-refractivity contribution is 8.01. The van der Waals surface area contributed by atoms with Crippen LogP contribution in [-0.2, 0) is 22.0 Å². The fraction of sp³-hybridized carbons (Fsp3) is 0.667. The Bertz CT molecular complexity index is 624. The van der Waals surface area contributed by atoms with Crippen LogP contribution in [0.4, 0.5) is 0 Å². The highest BCUT2D eigenvalue weighted by atomic mass is 32.2. The van der Waals surface area contributed by atoms with Crippen LogP contribution >= 0.6 is 11.8 Å². The predicted molar refractivity (Wildman–Crippen MR) is 111 cm³/mol. The zero-order chi connectivity index (χ0) is 19.7. The highest BCUT2D eigenvalue weighted by Crippen LogP contribution is 2.40. The molecule has 2 N–H and O–H groups in total. The molecule has 1 aliphatic rings. The number of nitrogens with one attached hydrogen (secondary N) is 1. The molecule has 0 aliphatic carbocycles. The fourth-order valence-electron chi connectivity index (χ4n) is 3.16. The van der Waals surface area contributed by atoms with E-state index in [1.807, 2.05) is 0 Å². The van der Waals surface area contributed by atoms with E-state index in [1.54, 1.807) is 16.8 Å². The number of phenols is 1. The van der Waals surface area contributed by atoms with Crippen LogP contribution in [0.15, 0.2) is 12.1 Å². The molecule has 0 spiro atoms. The maximum absolute atomic E-state index is 12.6. The number of phenolic OH excluding ortho intramolecular Hbond substituents is 1. The van der Waals surface area contributed by atoms with Gasteiger partial charge in [0.15, 0.2) is 0 Å². The number of hydrogen-bond donors (Lipinski definition) is 2. The largest absolute Gasteiger partial charge is 0.507 e. The van der Waals surface area contributed by atoms with Crippen LogP contribution in [0.3, 0.4) is 0 Å². The molecule has 146 valence electrons. The van der Waals surface area contributed by atoms with Crippen molar-refractivity contribution in [2.45, 2.75) is 77.4 Å². The molecule has 1 aromatic carbocycles. The lowest BCUT2D eigenvalue weighted by Gasteiger charge is -2.28. The molecule has 2 rings (SSSR count). The van der Waals surface area contributed by atoms with Gasteiger partial charge in [-0.15, -0.1) is 11.8 Å². The maximum atomic E-state index is 12.6. The Labute approximate surface area is 162 Å². The summed E-state index contributed by atoms with van der Waals surface area (Å²) in [4.78, 5) is 12.6. The molecule has 1 fully saturated rings. The van der Waals surface area contributed by atoms with Gasteiger partial charge in [-0.05, 0) is 40.4 Å². The third-order valence-electron chi connectivity index (χ3n) is 4.71. The zero-order valence-electron chi connectivity index (χ0n) is 17.3. The lowest BCUT2D eigenvalue weighted by atomic mass is 9.78. The lowest BCUT2D eigenvalue weighted by molar-refractivity contribution is -0.131. The molecule has 0 bridgehead atoms. The molecule has 26 heavy (non-hydrogen) atoms. The Hall–Kier alpha value is -1.20. The first-order chi connectivity index (χ1) is 11.9. The molecule has 0 radical (unpaired) electrons. The van der Waals surface area contributed by atoms with Gasteiger partial charge in [0, 0.05) is 6.54 Å². The van der Waals surface area contributed by atoms with E-state index in [0.717, 1.165) is 29.7 Å². The monoisotopic (exact) mass is 378 g/mol. The average Bonchev–Trinajstić information content (AvgIpc) is 2.85. The summed E-state index contributed by atoms with van der Waals surface area (Å²) in [5.74, 6) is 1.25. The molecule has 5 heteroatoms. The van der Waals surface area contributed by atoms with E-state index in [-0.39, 0.29) is 22.0 Å². The summed E-state index contributed by atoms with van der Waals surface area (Å²) in [6.07, 6.45) is 1.70. The molecule has 1 unspecified atom stereocenters. The van der Waals surface area contributed by atoms with Crippen LogP contribution < -0.4 is 5.43 Å². The number of aromatic hydroxyl groups is 1. The van der Waals surface area contributed by atoms with Crippen molar-refractivity contribution in [2.24, 2.45) is 0 Å². The van der Waals surface area contributed by atoms with Gasteiger partial charge >= 0.3 is 0 Å². The fourth-order valence-corrected chi connectivity index (χ4v) is 4.29. The van der Waals surface area contributed by atoms with Gasteiger partial charge in [-0.2, -0.15) is 0 Å². The van der Waals surface area contributed by atoms with Crippen molar-refractivity contribution in [3.63, 3.8) is 0 Å². The van der Waals surface area contributed by atoms with Crippen molar-refractivity contribution >= 4 is 17.7 Å². The molecular formula is C21H34N2O2S. The van der Waals surface area contributed by atoms with Crippen molar-refractivity contribution in [3.8, 4) is 5.75 Å². The Morgan fingerprint density at radius 1 is 1.15 bits per heavy atom.